The van der Waals surface area contributed by atoms with Crippen LogP contribution in [0.2, 0.25) is 0 Å². The van der Waals surface area contributed by atoms with Crippen LogP contribution in [0.1, 0.15) is 37.8 Å². The molecule has 0 saturated heterocycles. The molecule has 0 aliphatic carbocycles. The van der Waals surface area contributed by atoms with Gasteiger partial charge in [0.2, 0.25) is 0 Å². The van der Waals surface area contributed by atoms with Gasteiger partial charge in [-0.05, 0) is 12.8 Å². The molecular weight excluding hydrogens is 536 g/mol. The minimum Gasteiger partial charge on any atom is -0.160 e. The summed E-state index contributed by atoms with van der Waals surface area (Å²) in [5.41, 5.74) is 5.78. The third-order valence-corrected chi connectivity index (χ3v) is 6.90. The Balaban J connectivity index is 0.000000529. The Kier molecular flexibility index (Phi) is 16.7. The van der Waals surface area contributed by atoms with E-state index in [4.69, 9.17) is 0 Å². The Bertz CT molecular complexity index is 870. The van der Waals surface area contributed by atoms with Crippen molar-refractivity contribution in [3.05, 3.63) is 95.5 Å². The predicted molar refractivity (Wildman–Crippen MR) is 142 cm³/mol. The third-order valence-electron chi connectivity index (χ3n) is 4.70. The summed E-state index contributed by atoms with van der Waals surface area (Å²) in [4.78, 5) is 0. The van der Waals surface area contributed by atoms with Gasteiger partial charge in [0.15, 0.2) is 0 Å². The van der Waals surface area contributed by atoms with Crippen molar-refractivity contribution in [1.82, 2.24) is 0 Å². The zero-order valence-corrected chi connectivity index (χ0v) is 24.0. The first kappa shape index (κ1) is 30.5. The van der Waals surface area contributed by atoms with Gasteiger partial charge in [0.1, 0.15) is 0 Å². The second-order valence-corrected chi connectivity index (χ2v) is 8.88. The topological polar surface area (TPSA) is 0 Å². The zero-order valence-electron chi connectivity index (χ0n) is 18.1. The summed E-state index contributed by atoms with van der Waals surface area (Å²) in [6.07, 6.45) is 4.86. The maximum absolute atomic E-state index is 2.27. The van der Waals surface area contributed by atoms with E-state index in [1.165, 1.54) is 74.9 Å². The molecule has 2 aromatic carbocycles. The fourth-order valence-corrected chi connectivity index (χ4v) is 5.49. The van der Waals surface area contributed by atoms with Gasteiger partial charge in [-0.15, -0.1) is 95.1 Å². The van der Waals surface area contributed by atoms with E-state index < -0.39 is 0 Å². The molecule has 2 aromatic heterocycles. The largest absolute Gasteiger partial charge is 2.00 e. The van der Waals surface area contributed by atoms with E-state index in [9.17, 15) is 0 Å². The summed E-state index contributed by atoms with van der Waals surface area (Å²) >= 11 is 0. The molecule has 0 saturated carbocycles. The fourth-order valence-electron chi connectivity index (χ4n) is 3.38. The molecule has 0 amide bonds. The van der Waals surface area contributed by atoms with Gasteiger partial charge in [-0.2, -0.15) is 16.4 Å². The summed E-state index contributed by atoms with van der Waals surface area (Å²) < 4.78 is 0. The summed E-state index contributed by atoms with van der Waals surface area (Å²) in [6.45, 7) is 4.47. The maximum atomic E-state index is 2.27. The van der Waals surface area contributed by atoms with Gasteiger partial charge in [-0.1, -0.05) is 73.7 Å². The van der Waals surface area contributed by atoms with Crippen molar-refractivity contribution < 1.29 is 26.2 Å². The summed E-state index contributed by atoms with van der Waals surface area (Å²) in [6, 6.07) is 25.9. The van der Waals surface area contributed by atoms with Gasteiger partial charge in [0.05, 0.1) is 0 Å². The van der Waals surface area contributed by atoms with Crippen LogP contribution in [0.15, 0.2) is 84.4 Å². The van der Waals surface area contributed by atoms with E-state index in [0.717, 1.165) is 0 Å². The molecule has 0 atom stereocenters. The van der Waals surface area contributed by atoms with E-state index in [2.05, 4.69) is 98.2 Å². The average molecular weight is 567 g/mol. The third kappa shape index (κ3) is 9.08. The molecule has 0 fully saturated rings. The summed E-state index contributed by atoms with van der Waals surface area (Å²) in [5, 5.41) is 2.99. The predicted octanol–water partition coefficient (Wildman–Crippen LogP) is 10.1. The Labute approximate surface area is 222 Å². The maximum Gasteiger partial charge on any atom is 2.00 e. The molecule has 0 N–H and O–H groups in total. The number of halogens is 2. The summed E-state index contributed by atoms with van der Waals surface area (Å²) in [5.74, 6) is 4.49. The monoisotopic (exact) mass is 564 g/mol. The Morgan fingerprint density at radius 3 is 1.26 bits per heavy atom. The molecule has 0 nitrogen and oxygen atoms in total. The van der Waals surface area contributed by atoms with Crippen LogP contribution in [-0.2, 0) is 39.0 Å². The van der Waals surface area contributed by atoms with E-state index in [0.29, 0.717) is 0 Å². The molecule has 0 unspecified atom stereocenters. The molecule has 4 aromatic rings. The van der Waals surface area contributed by atoms with Crippen LogP contribution < -0.4 is 0 Å². The van der Waals surface area contributed by atoms with E-state index in [-0.39, 0.29) is 51.0 Å². The number of aryl methyl sites for hydroxylation is 2. The van der Waals surface area contributed by atoms with Crippen LogP contribution in [0, 0.1) is 0 Å². The number of rotatable bonds is 6. The molecule has 0 bridgehead atoms. The first-order valence-corrected chi connectivity index (χ1v) is 12.1. The first-order chi connectivity index (χ1) is 13.8. The minimum absolute atomic E-state index is 0. The van der Waals surface area contributed by atoms with Gasteiger partial charge >= 0.3 is 26.2 Å². The molecule has 0 aliphatic heterocycles. The first-order valence-electron chi connectivity index (χ1n) is 10.2. The van der Waals surface area contributed by atoms with E-state index in [1.807, 2.05) is 0 Å². The van der Waals surface area contributed by atoms with Crippen LogP contribution in [0.5, 0.6) is 0 Å². The van der Waals surface area contributed by atoms with Crippen molar-refractivity contribution in [2.75, 3.05) is 0 Å². The normalized spacial score (nSPS) is 9.87. The molecule has 2 heterocycles. The Morgan fingerprint density at radius 1 is 0.581 bits per heavy atom. The van der Waals surface area contributed by atoms with Gasteiger partial charge in [-0.25, -0.2) is 0 Å². The standard InChI is InChI=1S/2C13H14P.2ClH.Zr/c2*1-2-6-11-9-10-14-13(11)12-7-4-3-5-8-12;;;/h2*3-5,7-10H,2,6H2,1H3;2*1H;/q2*-1;;;+2. The van der Waals surface area contributed by atoms with Crippen molar-refractivity contribution in [3.8, 4) is 21.7 Å². The minimum atomic E-state index is 0. The molecule has 31 heavy (non-hydrogen) atoms. The van der Waals surface area contributed by atoms with Gasteiger partial charge in [0.25, 0.3) is 0 Å². The Morgan fingerprint density at radius 2 is 0.935 bits per heavy atom. The van der Waals surface area contributed by atoms with Gasteiger partial charge in [-0.3, -0.25) is 0 Å². The van der Waals surface area contributed by atoms with Crippen molar-refractivity contribution in [3.63, 3.8) is 0 Å². The second kappa shape index (κ2) is 17.0. The van der Waals surface area contributed by atoms with Crippen LogP contribution >= 0.6 is 41.2 Å². The second-order valence-electron chi connectivity index (χ2n) is 6.87. The van der Waals surface area contributed by atoms with Crippen molar-refractivity contribution in [2.45, 2.75) is 39.5 Å². The smallest absolute Gasteiger partial charge is 0.160 e. The molecular formula is C26H30Cl2P2Zr. The fraction of sp³-hybridized carbons (Fsp3) is 0.231. The number of benzene rings is 2. The number of hydrogen-bond acceptors (Lipinski definition) is 0. The summed E-state index contributed by atoms with van der Waals surface area (Å²) in [7, 11) is 2.71. The van der Waals surface area contributed by atoms with E-state index >= 15 is 0 Å². The Hall–Kier alpha value is -0.537. The molecule has 0 spiro atoms. The molecule has 162 valence electrons. The van der Waals surface area contributed by atoms with Crippen molar-refractivity contribution in [2.24, 2.45) is 0 Å². The van der Waals surface area contributed by atoms with Crippen LogP contribution in [-0.4, -0.2) is 0 Å². The van der Waals surface area contributed by atoms with E-state index in [1.54, 1.807) is 0 Å². The zero-order chi connectivity index (χ0) is 19.6. The average Bonchev–Trinajstić information content (AvgIpc) is 3.40. The molecule has 5 heteroatoms. The van der Waals surface area contributed by atoms with Crippen LogP contribution in [0.4, 0.5) is 0 Å². The van der Waals surface area contributed by atoms with Crippen molar-refractivity contribution >= 4 is 41.2 Å². The van der Waals surface area contributed by atoms with Crippen LogP contribution in [0.25, 0.3) is 21.7 Å². The molecule has 0 aliphatic rings. The molecule has 4 rings (SSSR count). The van der Waals surface area contributed by atoms with Gasteiger partial charge < -0.3 is 0 Å². The van der Waals surface area contributed by atoms with Crippen molar-refractivity contribution in [1.29, 1.82) is 0 Å². The SMILES string of the molecule is CCCc1ccp[c-]1-c1ccccc1.CCCc1ccp[c-]1-c1ccccc1.Cl.Cl.[Zr+2]. The van der Waals surface area contributed by atoms with Crippen LogP contribution in [0.3, 0.4) is 0 Å². The quantitative estimate of drug-likeness (QED) is 0.204. The molecule has 0 radical (unpaired) electrons. The van der Waals surface area contributed by atoms with Gasteiger partial charge in [0, 0.05) is 0 Å². The number of hydrogen-bond donors (Lipinski definition) is 0.